The normalized spacial score (nSPS) is 22.7. The molecule has 19 heavy (non-hydrogen) atoms. The summed E-state index contributed by atoms with van der Waals surface area (Å²) in [4.78, 5) is 14.5. The van der Waals surface area contributed by atoms with Crippen molar-refractivity contribution in [3.05, 3.63) is 0 Å². The van der Waals surface area contributed by atoms with E-state index in [1.165, 1.54) is 0 Å². The molecule has 2 atom stereocenters. The van der Waals surface area contributed by atoms with Gasteiger partial charge in [0.25, 0.3) is 0 Å². The molecule has 1 heterocycles. The molecule has 0 spiro atoms. The highest BCUT2D eigenvalue weighted by molar-refractivity contribution is 6.02. The largest absolute Gasteiger partial charge is 0.409 e. The quantitative estimate of drug-likeness (QED) is 0.283. The summed E-state index contributed by atoms with van der Waals surface area (Å²) in [5, 5.41) is 14.6. The van der Waals surface area contributed by atoms with Crippen LogP contribution >= 0.6 is 0 Å². The maximum atomic E-state index is 12.1. The zero-order valence-corrected chi connectivity index (χ0v) is 12.1. The van der Waals surface area contributed by atoms with Gasteiger partial charge < -0.3 is 21.2 Å². The fraction of sp³-hybridized carbons (Fsp3) is 0.846. The zero-order valence-electron chi connectivity index (χ0n) is 12.1. The van der Waals surface area contributed by atoms with Crippen LogP contribution in [0.1, 0.15) is 27.2 Å². The summed E-state index contributed by atoms with van der Waals surface area (Å²) < 4.78 is 0. The van der Waals surface area contributed by atoms with Crippen molar-refractivity contribution in [2.24, 2.45) is 28.6 Å². The number of nitrogens with two attached hydrogens (primary N) is 1. The average molecular weight is 270 g/mol. The summed E-state index contributed by atoms with van der Waals surface area (Å²) in [5.41, 5.74) is 5.58. The van der Waals surface area contributed by atoms with Crippen molar-refractivity contribution in [2.75, 3.05) is 26.2 Å². The van der Waals surface area contributed by atoms with E-state index >= 15 is 0 Å². The van der Waals surface area contributed by atoms with Gasteiger partial charge in [-0.2, -0.15) is 0 Å². The molecule has 1 rings (SSSR count). The van der Waals surface area contributed by atoms with Gasteiger partial charge in [0.1, 0.15) is 5.92 Å². The lowest BCUT2D eigenvalue weighted by molar-refractivity contribution is -0.124. The third kappa shape index (κ3) is 4.38. The Bertz CT molecular complexity index is 331. The van der Waals surface area contributed by atoms with Crippen LogP contribution in [0.3, 0.4) is 0 Å². The van der Waals surface area contributed by atoms with E-state index in [9.17, 15) is 4.79 Å². The maximum absolute atomic E-state index is 12.1. The van der Waals surface area contributed by atoms with Crippen LogP contribution < -0.4 is 11.1 Å². The van der Waals surface area contributed by atoms with Crippen molar-refractivity contribution in [1.82, 2.24) is 10.2 Å². The molecule has 4 N–H and O–H groups in total. The van der Waals surface area contributed by atoms with Crippen LogP contribution in [0.15, 0.2) is 5.16 Å². The number of nitrogens with zero attached hydrogens (tertiary/aromatic N) is 2. The molecule has 6 nitrogen and oxygen atoms in total. The van der Waals surface area contributed by atoms with Crippen LogP contribution in [-0.4, -0.2) is 48.0 Å². The van der Waals surface area contributed by atoms with Gasteiger partial charge >= 0.3 is 0 Å². The molecule has 110 valence electrons. The van der Waals surface area contributed by atoms with E-state index in [1.807, 2.05) is 13.8 Å². The van der Waals surface area contributed by atoms with Crippen LogP contribution in [0, 0.1) is 17.8 Å². The van der Waals surface area contributed by atoms with Crippen molar-refractivity contribution in [1.29, 1.82) is 0 Å². The zero-order chi connectivity index (χ0) is 14.4. The molecular formula is C13H26N4O2. The Morgan fingerprint density at radius 1 is 1.58 bits per heavy atom. The topological polar surface area (TPSA) is 91.0 Å². The molecule has 0 aromatic rings. The molecule has 0 radical (unpaired) electrons. The molecule has 1 saturated heterocycles. The van der Waals surface area contributed by atoms with E-state index in [0.717, 1.165) is 26.1 Å². The number of hydrogen-bond acceptors (Lipinski definition) is 4. The van der Waals surface area contributed by atoms with Crippen molar-refractivity contribution >= 4 is 11.7 Å². The molecule has 0 aliphatic carbocycles. The second-order valence-electron chi connectivity index (χ2n) is 5.54. The van der Waals surface area contributed by atoms with E-state index in [4.69, 9.17) is 10.9 Å². The monoisotopic (exact) mass is 270 g/mol. The molecule has 0 aromatic carbocycles. The summed E-state index contributed by atoms with van der Waals surface area (Å²) in [6.45, 7) is 9.78. The van der Waals surface area contributed by atoms with Gasteiger partial charge in [-0.05, 0) is 31.3 Å². The average Bonchev–Trinajstić information content (AvgIpc) is 2.83. The van der Waals surface area contributed by atoms with Crippen LogP contribution in [0.4, 0.5) is 0 Å². The summed E-state index contributed by atoms with van der Waals surface area (Å²) in [6.07, 6.45) is 1.12. The van der Waals surface area contributed by atoms with Gasteiger partial charge in [-0.15, -0.1) is 0 Å². The second kappa shape index (κ2) is 7.33. The van der Waals surface area contributed by atoms with Crippen LogP contribution in [0.5, 0.6) is 0 Å². The molecule has 2 unspecified atom stereocenters. The predicted octanol–water partition coefficient (Wildman–Crippen LogP) is 0.463. The van der Waals surface area contributed by atoms with E-state index in [1.54, 1.807) is 0 Å². The van der Waals surface area contributed by atoms with Crippen LogP contribution in [0.25, 0.3) is 0 Å². The minimum Gasteiger partial charge on any atom is -0.409 e. The highest BCUT2D eigenvalue weighted by atomic mass is 16.4. The standard InChI is InChI=1S/C13H26N4O2/c1-4-17-6-5-10(8-17)7-15-13(18)11(9(2)3)12(14)16-19/h9-11,19H,4-8H2,1-3H3,(H2,14,16)(H,15,18). The summed E-state index contributed by atoms with van der Waals surface area (Å²) in [5.74, 6) is -0.223. The Balaban J connectivity index is 2.45. The molecule has 1 aliphatic rings. The highest BCUT2D eigenvalue weighted by Gasteiger charge is 2.28. The maximum Gasteiger partial charge on any atom is 0.231 e. The summed E-state index contributed by atoms with van der Waals surface area (Å²) >= 11 is 0. The molecular weight excluding hydrogens is 244 g/mol. The van der Waals surface area contributed by atoms with E-state index in [0.29, 0.717) is 12.5 Å². The molecule has 0 saturated carbocycles. The lowest BCUT2D eigenvalue weighted by atomic mass is 9.93. The Morgan fingerprint density at radius 3 is 2.74 bits per heavy atom. The number of oxime groups is 1. The smallest absolute Gasteiger partial charge is 0.231 e. The Labute approximate surface area is 115 Å². The Morgan fingerprint density at radius 2 is 2.26 bits per heavy atom. The number of likely N-dealkylation sites (tertiary alicyclic amines) is 1. The van der Waals surface area contributed by atoms with Crippen molar-refractivity contribution < 1.29 is 10.0 Å². The molecule has 6 heteroatoms. The minimum absolute atomic E-state index is 0.00613. The van der Waals surface area contributed by atoms with Crippen molar-refractivity contribution in [3.63, 3.8) is 0 Å². The summed E-state index contributed by atoms with van der Waals surface area (Å²) in [7, 11) is 0. The fourth-order valence-electron chi connectivity index (χ4n) is 2.56. The first-order chi connectivity index (χ1) is 8.99. The van der Waals surface area contributed by atoms with Gasteiger partial charge in [0.15, 0.2) is 5.84 Å². The van der Waals surface area contributed by atoms with Crippen molar-refractivity contribution in [2.45, 2.75) is 27.2 Å². The summed E-state index contributed by atoms with van der Waals surface area (Å²) in [6, 6.07) is 0. The second-order valence-corrected chi connectivity index (χ2v) is 5.54. The first-order valence-corrected chi connectivity index (χ1v) is 6.97. The number of carbonyl (C=O) groups is 1. The number of rotatable bonds is 6. The van der Waals surface area contributed by atoms with Crippen LogP contribution in [-0.2, 0) is 4.79 Å². The number of amidine groups is 1. The minimum atomic E-state index is -0.561. The number of carbonyl (C=O) groups excluding carboxylic acids is 1. The Hall–Kier alpha value is -1.30. The Kier molecular flexibility index (Phi) is 6.08. The SMILES string of the molecule is CCN1CCC(CNC(=O)C(C(N)=NO)C(C)C)C1. The third-order valence-electron chi connectivity index (χ3n) is 3.77. The fourth-order valence-corrected chi connectivity index (χ4v) is 2.56. The predicted molar refractivity (Wildman–Crippen MR) is 75.0 cm³/mol. The van der Waals surface area contributed by atoms with Crippen molar-refractivity contribution in [3.8, 4) is 0 Å². The molecule has 1 amide bonds. The first-order valence-electron chi connectivity index (χ1n) is 6.97. The lowest BCUT2D eigenvalue weighted by Crippen LogP contribution is -2.43. The lowest BCUT2D eigenvalue weighted by Gasteiger charge is -2.20. The molecule has 0 bridgehead atoms. The highest BCUT2D eigenvalue weighted by Crippen LogP contribution is 2.16. The van der Waals surface area contributed by atoms with E-state index < -0.39 is 5.92 Å². The van der Waals surface area contributed by atoms with Gasteiger partial charge in [-0.3, -0.25) is 4.79 Å². The number of amides is 1. The molecule has 0 aromatic heterocycles. The molecule has 1 aliphatic heterocycles. The first kappa shape index (κ1) is 15.8. The van der Waals surface area contributed by atoms with E-state index in [-0.39, 0.29) is 17.7 Å². The van der Waals surface area contributed by atoms with Gasteiger partial charge in [-0.1, -0.05) is 25.9 Å². The van der Waals surface area contributed by atoms with E-state index in [2.05, 4.69) is 22.3 Å². The van der Waals surface area contributed by atoms with Crippen LogP contribution in [0.2, 0.25) is 0 Å². The van der Waals surface area contributed by atoms with Gasteiger partial charge in [0.05, 0.1) is 0 Å². The third-order valence-corrected chi connectivity index (χ3v) is 3.77. The van der Waals surface area contributed by atoms with Gasteiger partial charge in [-0.25, -0.2) is 0 Å². The number of nitrogens with one attached hydrogen (secondary N) is 1. The van der Waals surface area contributed by atoms with Gasteiger partial charge in [0, 0.05) is 13.1 Å². The molecule has 1 fully saturated rings. The number of hydrogen-bond donors (Lipinski definition) is 3. The van der Waals surface area contributed by atoms with Gasteiger partial charge in [0.2, 0.25) is 5.91 Å².